The van der Waals surface area contributed by atoms with Crippen molar-refractivity contribution in [1.82, 2.24) is 4.57 Å². The summed E-state index contributed by atoms with van der Waals surface area (Å²) in [6.45, 7) is 13.1. The number of hydrogen-bond acceptors (Lipinski definition) is 0. The molecule has 1 heterocycles. The molecular weight excluding hydrogens is 148 g/mol. The third-order valence-corrected chi connectivity index (χ3v) is 2.75. The zero-order chi connectivity index (χ0) is 9.30. The van der Waals surface area contributed by atoms with E-state index in [0.717, 1.165) is 13.1 Å². The fraction of sp³-hybridized carbons (Fsp3) is 0.700. The first-order chi connectivity index (χ1) is 5.63. The van der Waals surface area contributed by atoms with Crippen molar-refractivity contribution >= 4 is 0 Å². The Morgan fingerprint density at radius 3 is 2.00 bits per heavy atom. The van der Waals surface area contributed by atoms with Crippen LogP contribution in [0, 0.1) is 20.8 Å². The van der Waals surface area contributed by atoms with E-state index in [9.17, 15) is 0 Å². The quantitative estimate of drug-likeness (QED) is 0.593. The Hall–Kier alpha value is -0.790. The van der Waals surface area contributed by atoms with E-state index in [1.165, 1.54) is 17.2 Å². The number of aromatic nitrogens is 2. The van der Waals surface area contributed by atoms with Gasteiger partial charge in [0.1, 0.15) is 11.4 Å². The maximum atomic E-state index is 2.36. The average Bonchev–Trinajstić information content (AvgIpc) is 2.25. The van der Waals surface area contributed by atoms with Gasteiger partial charge in [0, 0.05) is 20.8 Å². The van der Waals surface area contributed by atoms with Crippen LogP contribution >= 0.6 is 0 Å². The topological polar surface area (TPSA) is 8.81 Å². The molecule has 0 aliphatic rings. The van der Waals surface area contributed by atoms with Crippen LogP contribution in [0.3, 0.4) is 0 Å². The lowest BCUT2D eigenvalue weighted by Gasteiger charge is -1.95. The predicted octanol–water partition coefficient (Wildman–Crippen LogP) is 1.74. The maximum absolute atomic E-state index is 2.36. The first-order valence-electron chi connectivity index (χ1n) is 4.69. The van der Waals surface area contributed by atoms with Crippen molar-refractivity contribution in [3.8, 4) is 0 Å². The van der Waals surface area contributed by atoms with Crippen LogP contribution in [0.4, 0.5) is 0 Å². The van der Waals surface area contributed by atoms with E-state index in [1.807, 2.05) is 0 Å². The van der Waals surface area contributed by atoms with E-state index < -0.39 is 0 Å². The summed E-state index contributed by atoms with van der Waals surface area (Å²) in [6, 6.07) is 0. The summed E-state index contributed by atoms with van der Waals surface area (Å²) in [4.78, 5) is 0. The molecule has 0 atom stereocenters. The van der Waals surface area contributed by atoms with Gasteiger partial charge in [-0.1, -0.05) is 0 Å². The predicted molar refractivity (Wildman–Crippen MR) is 50.2 cm³/mol. The van der Waals surface area contributed by atoms with Crippen LogP contribution < -0.4 is 4.57 Å². The number of rotatable bonds is 2. The highest BCUT2D eigenvalue weighted by Gasteiger charge is 2.18. The van der Waals surface area contributed by atoms with Crippen molar-refractivity contribution in [2.75, 3.05) is 0 Å². The van der Waals surface area contributed by atoms with E-state index in [2.05, 4.69) is 43.8 Å². The van der Waals surface area contributed by atoms with Gasteiger partial charge in [-0.15, -0.1) is 0 Å². The highest BCUT2D eigenvalue weighted by Crippen LogP contribution is 2.06. The van der Waals surface area contributed by atoms with Gasteiger partial charge in [0.05, 0.1) is 13.1 Å². The molecule has 0 radical (unpaired) electrons. The van der Waals surface area contributed by atoms with Gasteiger partial charge in [-0.05, 0) is 13.8 Å². The van der Waals surface area contributed by atoms with Crippen LogP contribution in [0.5, 0.6) is 0 Å². The Labute approximate surface area is 74.8 Å². The molecular formula is C10H19N2+. The zero-order valence-electron chi connectivity index (χ0n) is 8.81. The Morgan fingerprint density at radius 1 is 1.17 bits per heavy atom. The van der Waals surface area contributed by atoms with E-state index in [4.69, 9.17) is 0 Å². The Balaban J connectivity index is 3.32. The van der Waals surface area contributed by atoms with Crippen LogP contribution in [0.25, 0.3) is 0 Å². The monoisotopic (exact) mass is 167 g/mol. The van der Waals surface area contributed by atoms with Crippen LogP contribution in [-0.4, -0.2) is 4.57 Å². The summed E-state index contributed by atoms with van der Waals surface area (Å²) in [6.07, 6.45) is 0. The molecule has 68 valence electrons. The van der Waals surface area contributed by atoms with Crippen LogP contribution in [-0.2, 0) is 13.1 Å². The van der Waals surface area contributed by atoms with Crippen molar-refractivity contribution in [3.63, 3.8) is 0 Å². The molecule has 2 heteroatoms. The summed E-state index contributed by atoms with van der Waals surface area (Å²) in [5.41, 5.74) is 2.80. The zero-order valence-corrected chi connectivity index (χ0v) is 8.81. The number of imidazole rings is 1. The third-order valence-electron chi connectivity index (χ3n) is 2.75. The smallest absolute Gasteiger partial charge is 0.232 e. The lowest BCUT2D eigenvalue weighted by molar-refractivity contribution is -0.704. The molecule has 12 heavy (non-hydrogen) atoms. The van der Waals surface area contributed by atoms with E-state index in [0.29, 0.717) is 0 Å². The minimum atomic E-state index is 1.07. The van der Waals surface area contributed by atoms with Gasteiger partial charge in [0.2, 0.25) is 0 Å². The normalized spacial score (nSPS) is 10.8. The minimum absolute atomic E-state index is 1.07. The van der Waals surface area contributed by atoms with E-state index in [-0.39, 0.29) is 0 Å². The molecule has 2 nitrogen and oxygen atoms in total. The molecule has 0 aliphatic heterocycles. The van der Waals surface area contributed by atoms with Crippen LogP contribution in [0.2, 0.25) is 0 Å². The second-order valence-corrected chi connectivity index (χ2v) is 3.21. The lowest BCUT2D eigenvalue weighted by Crippen LogP contribution is -2.37. The van der Waals surface area contributed by atoms with Gasteiger partial charge >= 0.3 is 0 Å². The summed E-state index contributed by atoms with van der Waals surface area (Å²) < 4.78 is 4.72. The largest absolute Gasteiger partial charge is 0.253 e. The highest BCUT2D eigenvalue weighted by molar-refractivity contribution is 5.06. The molecule has 1 aromatic rings. The van der Waals surface area contributed by atoms with Crippen molar-refractivity contribution < 1.29 is 4.57 Å². The Bertz CT molecular complexity index is 257. The summed E-state index contributed by atoms with van der Waals surface area (Å²) in [7, 11) is 0. The second kappa shape index (κ2) is 3.30. The SMILES string of the molecule is CCn1c(C)c(C)[n+](CC)c1C. The molecule has 0 N–H and O–H groups in total. The molecule has 0 saturated carbocycles. The molecule has 0 unspecified atom stereocenters. The molecule has 0 fully saturated rings. The number of hydrogen-bond donors (Lipinski definition) is 0. The first kappa shape index (κ1) is 9.30. The van der Waals surface area contributed by atoms with Crippen LogP contribution in [0.15, 0.2) is 0 Å². The molecule has 0 saturated heterocycles. The van der Waals surface area contributed by atoms with Gasteiger partial charge in [-0.25, -0.2) is 9.13 Å². The second-order valence-electron chi connectivity index (χ2n) is 3.21. The molecule has 0 aromatic carbocycles. The van der Waals surface area contributed by atoms with E-state index in [1.54, 1.807) is 0 Å². The fourth-order valence-corrected chi connectivity index (χ4v) is 1.95. The maximum Gasteiger partial charge on any atom is 0.253 e. The Kier molecular flexibility index (Phi) is 2.55. The molecule has 0 amide bonds. The standard InChI is InChI=1S/C10H19N2/c1-6-11-8(3)9(4)12(7-2)10(11)5/h6-7H2,1-5H3/q+1. The van der Waals surface area contributed by atoms with Crippen molar-refractivity contribution in [1.29, 1.82) is 0 Å². The van der Waals surface area contributed by atoms with Crippen LogP contribution in [0.1, 0.15) is 31.1 Å². The van der Waals surface area contributed by atoms with Gasteiger partial charge < -0.3 is 0 Å². The summed E-state index contributed by atoms with van der Waals surface area (Å²) in [5, 5.41) is 0. The van der Waals surface area contributed by atoms with Crippen molar-refractivity contribution in [2.24, 2.45) is 0 Å². The van der Waals surface area contributed by atoms with Gasteiger partial charge in [0.25, 0.3) is 5.82 Å². The molecule has 1 aromatic heterocycles. The average molecular weight is 167 g/mol. The molecule has 0 aliphatic carbocycles. The number of nitrogens with zero attached hydrogens (tertiary/aromatic N) is 2. The highest BCUT2D eigenvalue weighted by atomic mass is 15.2. The van der Waals surface area contributed by atoms with Gasteiger partial charge in [-0.2, -0.15) is 0 Å². The van der Waals surface area contributed by atoms with E-state index >= 15 is 0 Å². The lowest BCUT2D eigenvalue weighted by atomic mass is 10.3. The van der Waals surface area contributed by atoms with Crippen molar-refractivity contribution in [3.05, 3.63) is 17.2 Å². The Morgan fingerprint density at radius 2 is 1.75 bits per heavy atom. The van der Waals surface area contributed by atoms with Gasteiger partial charge in [0.15, 0.2) is 0 Å². The third kappa shape index (κ3) is 1.15. The minimum Gasteiger partial charge on any atom is -0.232 e. The molecule has 0 bridgehead atoms. The summed E-state index contributed by atoms with van der Waals surface area (Å²) >= 11 is 0. The van der Waals surface area contributed by atoms with Gasteiger partial charge in [-0.3, -0.25) is 0 Å². The van der Waals surface area contributed by atoms with Crippen molar-refractivity contribution in [2.45, 2.75) is 47.7 Å². The molecule has 1 rings (SSSR count). The summed E-state index contributed by atoms with van der Waals surface area (Å²) in [5.74, 6) is 1.37. The molecule has 0 spiro atoms. The fourth-order valence-electron chi connectivity index (χ4n) is 1.95. The first-order valence-corrected chi connectivity index (χ1v) is 4.69.